The van der Waals surface area contributed by atoms with Gasteiger partial charge in [-0.15, -0.1) is 5.10 Å². The average molecular weight is 351 g/mol. The van der Waals surface area contributed by atoms with Gasteiger partial charge in [0.2, 0.25) is 5.95 Å². The molecule has 2 unspecified atom stereocenters. The molecule has 0 bridgehead atoms. The molecule has 4 rings (SSSR count). The first-order chi connectivity index (χ1) is 12.5. The molecule has 2 heterocycles. The summed E-state index contributed by atoms with van der Waals surface area (Å²) in [5.74, 6) is 1.13. The number of nitrogen functional groups attached to an aromatic ring is 1. The maximum atomic E-state index is 6.30. The number of hydrogen-bond acceptors (Lipinski definition) is 6. The van der Waals surface area contributed by atoms with Crippen molar-refractivity contribution in [2.45, 2.75) is 51.5 Å². The second-order valence-electron chi connectivity index (χ2n) is 7.31. The van der Waals surface area contributed by atoms with Gasteiger partial charge in [0.1, 0.15) is 0 Å². The maximum Gasteiger partial charge on any atom is 0.247 e. The second-order valence-corrected chi connectivity index (χ2v) is 7.31. The van der Waals surface area contributed by atoms with E-state index in [1.807, 2.05) is 6.20 Å². The minimum absolute atomic E-state index is 0.129. The maximum absolute atomic E-state index is 6.30. The number of fused-ring (bicyclic) bond motifs is 1. The summed E-state index contributed by atoms with van der Waals surface area (Å²) < 4.78 is 1.71. The van der Waals surface area contributed by atoms with E-state index in [9.17, 15) is 0 Å². The molecule has 0 radical (unpaired) electrons. The highest BCUT2D eigenvalue weighted by Gasteiger charge is 2.26. The molecule has 136 valence electrons. The molecule has 3 aromatic rings. The van der Waals surface area contributed by atoms with Gasteiger partial charge >= 0.3 is 0 Å². The summed E-state index contributed by atoms with van der Waals surface area (Å²) in [6.45, 7) is 4.13. The van der Waals surface area contributed by atoms with Gasteiger partial charge in [-0.25, -0.2) is 9.50 Å². The fourth-order valence-electron chi connectivity index (χ4n) is 3.87. The largest absolute Gasteiger partial charge is 0.381 e. The summed E-state index contributed by atoms with van der Waals surface area (Å²) in [5.41, 5.74) is 17.3. The summed E-state index contributed by atoms with van der Waals surface area (Å²) in [5, 5.41) is 7.80. The number of nitrogens with zero attached hydrogens (tertiary/aromatic N) is 4. The van der Waals surface area contributed by atoms with Crippen molar-refractivity contribution in [1.82, 2.24) is 19.6 Å². The van der Waals surface area contributed by atoms with E-state index in [4.69, 9.17) is 11.5 Å². The molecule has 1 aromatic carbocycles. The number of benzene rings is 1. The molecule has 1 fully saturated rings. The Labute approximate surface area is 152 Å². The van der Waals surface area contributed by atoms with Crippen molar-refractivity contribution in [1.29, 1.82) is 0 Å². The Morgan fingerprint density at radius 3 is 2.54 bits per heavy atom. The van der Waals surface area contributed by atoms with E-state index in [2.05, 4.69) is 52.4 Å². The Hall–Kier alpha value is -2.67. The standard InChI is InChI=1S/C19H25N7/c1-11-7-12(2)9-13(8-11)22-19-24-18-17(21)23-16(10-26(18)25-19)14-5-3-4-6-15(14)20/h7-10,14-15H,3-6,20H2,1-2H3,(H2,21,23)(H,22,25). The minimum atomic E-state index is 0.129. The summed E-state index contributed by atoms with van der Waals surface area (Å²) >= 11 is 0. The van der Waals surface area contributed by atoms with Crippen LogP contribution in [0.15, 0.2) is 24.4 Å². The quantitative estimate of drug-likeness (QED) is 0.669. The number of aromatic nitrogens is 4. The molecule has 7 heteroatoms. The van der Waals surface area contributed by atoms with E-state index in [-0.39, 0.29) is 12.0 Å². The Balaban J connectivity index is 1.67. The van der Waals surface area contributed by atoms with Crippen molar-refractivity contribution in [3.63, 3.8) is 0 Å². The van der Waals surface area contributed by atoms with Crippen molar-refractivity contribution >= 4 is 23.1 Å². The SMILES string of the molecule is Cc1cc(C)cc(Nc2nc3c(N)nc(C4CCCCC4N)cn3n2)c1. The molecule has 26 heavy (non-hydrogen) atoms. The summed E-state index contributed by atoms with van der Waals surface area (Å²) in [7, 11) is 0. The predicted molar refractivity (Wildman–Crippen MR) is 104 cm³/mol. The minimum Gasteiger partial charge on any atom is -0.381 e. The molecule has 2 atom stereocenters. The normalized spacial score (nSPS) is 20.4. The van der Waals surface area contributed by atoms with E-state index in [1.165, 1.54) is 24.0 Å². The third kappa shape index (κ3) is 3.22. The third-order valence-corrected chi connectivity index (χ3v) is 5.04. The van der Waals surface area contributed by atoms with Crippen molar-refractivity contribution < 1.29 is 0 Å². The highest BCUT2D eigenvalue weighted by molar-refractivity contribution is 5.64. The van der Waals surface area contributed by atoms with Crippen LogP contribution in [-0.2, 0) is 0 Å². The fraction of sp³-hybridized carbons (Fsp3) is 0.421. The van der Waals surface area contributed by atoms with Crippen molar-refractivity contribution in [2.75, 3.05) is 11.1 Å². The molecule has 1 aliphatic carbocycles. The van der Waals surface area contributed by atoms with Crippen LogP contribution in [0.3, 0.4) is 0 Å². The predicted octanol–water partition coefficient (Wildman–Crippen LogP) is 3.05. The van der Waals surface area contributed by atoms with Crippen molar-refractivity contribution in [3.8, 4) is 0 Å². The van der Waals surface area contributed by atoms with Crippen LogP contribution >= 0.6 is 0 Å². The molecule has 2 aromatic heterocycles. The number of nitrogens with one attached hydrogen (secondary N) is 1. The topological polar surface area (TPSA) is 107 Å². The number of anilines is 3. The van der Waals surface area contributed by atoms with Gasteiger partial charge in [0, 0.05) is 17.6 Å². The first-order valence-corrected chi connectivity index (χ1v) is 9.13. The first kappa shape index (κ1) is 16.8. The summed E-state index contributed by atoms with van der Waals surface area (Å²) in [6, 6.07) is 6.38. The van der Waals surface area contributed by atoms with Gasteiger partial charge in [0.15, 0.2) is 11.5 Å². The monoisotopic (exact) mass is 351 g/mol. The molecular formula is C19H25N7. The molecule has 1 saturated carbocycles. The Morgan fingerprint density at radius 2 is 1.81 bits per heavy atom. The lowest BCUT2D eigenvalue weighted by Gasteiger charge is -2.27. The second kappa shape index (κ2) is 6.57. The van der Waals surface area contributed by atoms with E-state index >= 15 is 0 Å². The smallest absolute Gasteiger partial charge is 0.247 e. The molecule has 0 saturated heterocycles. The van der Waals surface area contributed by atoms with Crippen molar-refractivity contribution in [3.05, 3.63) is 41.2 Å². The Kier molecular flexibility index (Phi) is 4.24. The van der Waals surface area contributed by atoms with Crippen LogP contribution in [0.5, 0.6) is 0 Å². The summed E-state index contributed by atoms with van der Waals surface area (Å²) in [6.07, 6.45) is 6.35. The zero-order valence-corrected chi connectivity index (χ0v) is 15.2. The van der Waals surface area contributed by atoms with E-state index in [0.29, 0.717) is 17.4 Å². The van der Waals surface area contributed by atoms with E-state index in [0.717, 1.165) is 24.2 Å². The summed E-state index contributed by atoms with van der Waals surface area (Å²) in [4.78, 5) is 9.06. The van der Waals surface area contributed by atoms with Gasteiger partial charge in [-0.2, -0.15) is 4.98 Å². The van der Waals surface area contributed by atoms with Crippen LogP contribution in [-0.4, -0.2) is 25.6 Å². The Bertz CT molecular complexity index is 926. The Morgan fingerprint density at radius 1 is 1.08 bits per heavy atom. The first-order valence-electron chi connectivity index (χ1n) is 9.13. The number of hydrogen-bond donors (Lipinski definition) is 3. The molecule has 5 N–H and O–H groups in total. The molecule has 0 amide bonds. The molecular weight excluding hydrogens is 326 g/mol. The molecule has 0 spiro atoms. The fourth-order valence-corrected chi connectivity index (χ4v) is 3.87. The number of rotatable bonds is 3. The van der Waals surface area contributed by atoms with Gasteiger partial charge in [0.25, 0.3) is 0 Å². The number of aryl methyl sites for hydroxylation is 2. The third-order valence-electron chi connectivity index (χ3n) is 5.04. The van der Waals surface area contributed by atoms with Gasteiger partial charge in [-0.3, -0.25) is 0 Å². The van der Waals surface area contributed by atoms with Crippen LogP contribution in [0.1, 0.15) is 48.4 Å². The van der Waals surface area contributed by atoms with Crippen LogP contribution in [0, 0.1) is 13.8 Å². The van der Waals surface area contributed by atoms with Crippen molar-refractivity contribution in [2.24, 2.45) is 5.73 Å². The molecule has 0 aliphatic heterocycles. The average Bonchev–Trinajstić information content (AvgIpc) is 2.97. The zero-order valence-electron chi connectivity index (χ0n) is 15.2. The lowest BCUT2D eigenvalue weighted by atomic mass is 9.83. The molecule has 1 aliphatic rings. The molecule has 7 nitrogen and oxygen atoms in total. The van der Waals surface area contributed by atoms with Gasteiger partial charge in [-0.1, -0.05) is 18.9 Å². The van der Waals surface area contributed by atoms with Gasteiger partial charge < -0.3 is 16.8 Å². The number of nitrogens with two attached hydrogens (primary N) is 2. The van der Waals surface area contributed by atoms with E-state index < -0.39 is 0 Å². The van der Waals surface area contributed by atoms with Crippen LogP contribution < -0.4 is 16.8 Å². The highest BCUT2D eigenvalue weighted by Crippen LogP contribution is 2.31. The lowest BCUT2D eigenvalue weighted by molar-refractivity contribution is 0.379. The van der Waals surface area contributed by atoms with Crippen LogP contribution in [0.25, 0.3) is 5.65 Å². The zero-order chi connectivity index (χ0) is 18.3. The van der Waals surface area contributed by atoms with Crippen LogP contribution in [0.4, 0.5) is 17.5 Å². The van der Waals surface area contributed by atoms with Crippen LogP contribution in [0.2, 0.25) is 0 Å². The lowest BCUT2D eigenvalue weighted by Crippen LogP contribution is -2.32. The highest BCUT2D eigenvalue weighted by atomic mass is 15.4. The van der Waals surface area contributed by atoms with Gasteiger partial charge in [0.05, 0.1) is 11.9 Å². The van der Waals surface area contributed by atoms with Gasteiger partial charge in [-0.05, 0) is 49.9 Å². The van der Waals surface area contributed by atoms with E-state index in [1.54, 1.807) is 4.52 Å².